The number of carbonyl (C=O) groups excluding carboxylic acids is 1. The number of carbonyl (C=O) groups is 1. The van der Waals surface area contributed by atoms with Crippen molar-refractivity contribution in [1.29, 1.82) is 0 Å². The fourth-order valence-corrected chi connectivity index (χ4v) is 2.00. The molecule has 1 aliphatic rings. The van der Waals surface area contributed by atoms with Gasteiger partial charge in [0.2, 0.25) is 5.91 Å². The lowest BCUT2D eigenvalue weighted by molar-refractivity contribution is -0.121. The Balaban J connectivity index is 0.00000529. The third-order valence-corrected chi connectivity index (χ3v) is 3.33. The van der Waals surface area contributed by atoms with Crippen LogP contribution in [0, 0.1) is 5.92 Å². The average molecular weight is 454 g/mol. The Hall–Kier alpha value is -0.570. The van der Waals surface area contributed by atoms with E-state index in [2.05, 4.69) is 34.8 Å². The Morgan fingerprint density at radius 2 is 2.00 bits per heavy atom. The molecule has 0 unspecified atom stereocenters. The summed E-state index contributed by atoms with van der Waals surface area (Å²) >= 11 is 0. The first-order valence-electron chi connectivity index (χ1n) is 9.01. The van der Waals surface area contributed by atoms with Crippen molar-refractivity contribution in [2.45, 2.75) is 58.9 Å². The van der Waals surface area contributed by atoms with Gasteiger partial charge in [0.15, 0.2) is 5.96 Å². The summed E-state index contributed by atoms with van der Waals surface area (Å²) in [7, 11) is 0. The Morgan fingerprint density at radius 3 is 2.62 bits per heavy atom. The Morgan fingerprint density at radius 1 is 1.25 bits per heavy atom. The van der Waals surface area contributed by atoms with Crippen LogP contribution in [0.5, 0.6) is 0 Å². The van der Waals surface area contributed by atoms with E-state index >= 15 is 0 Å². The van der Waals surface area contributed by atoms with Crippen LogP contribution in [-0.2, 0) is 9.53 Å². The summed E-state index contributed by atoms with van der Waals surface area (Å²) in [6.45, 7) is 10.3. The van der Waals surface area contributed by atoms with E-state index in [4.69, 9.17) is 4.74 Å². The topological polar surface area (TPSA) is 74.8 Å². The van der Waals surface area contributed by atoms with Crippen molar-refractivity contribution in [2.24, 2.45) is 10.9 Å². The molecule has 142 valence electrons. The van der Waals surface area contributed by atoms with Crippen LogP contribution in [-0.4, -0.2) is 50.8 Å². The second-order valence-corrected chi connectivity index (χ2v) is 6.46. The monoisotopic (exact) mass is 454 g/mol. The van der Waals surface area contributed by atoms with Gasteiger partial charge < -0.3 is 20.7 Å². The molecule has 1 saturated carbocycles. The van der Waals surface area contributed by atoms with E-state index in [0.29, 0.717) is 24.9 Å². The zero-order valence-corrected chi connectivity index (χ0v) is 17.7. The van der Waals surface area contributed by atoms with Crippen LogP contribution >= 0.6 is 24.0 Å². The van der Waals surface area contributed by atoms with Crippen LogP contribution in [0.4, 0.5) is 0 Å². The summed E-state index contributed by atoms with van der Waals surface area (Å²) in [6, 6.07) is 0.447. The van der Waals surface area contributed by atoms with Gasteiger partial charge in [0.05, 0.1) is 0 Å². The third kappa shape index (κ3) is 13.8. The van der Waals surface area contributed by atoms with Crippen LogP contribution in [0.25, 0.3) is 0 Å². The molecule has 1 rings (SSSR count). The van der Waals surface area contributed by atoms with Gasteiger partial charge in [0, 0.05) is 45.3 Å². The first kappa shape index (κ1) is 23.4. The molecule has 0 radical (unpaired) electrons. The Bertz CT molecular complexity index is 360. The molecule has 6 nitrogen and oxygen atoms in total. The average Bonchev–Trinajstić information content (AvgIpc) is 3.30. The molecule has 24 heavy (non-hydrogen) atoms. The van der Waals surface area contributed by atoms with Gasteiger partial charge in [0.1, 0.15) is 0 Å². The molecule has 0 heterocycles. The van der Waals surface area contributed by atoms with E-state index in [-0.39, 0.29) is 29.9 Å². The highest BCUT2D eigenvalue weighted by Crippen LogP contribution is 2.18. The first-order chi connectivity index (χ1) is 11.1. The van der Waals surface area contributed by atoms with Gasteiger partial charge >= 0.3 is 0 Å². The quantitative estimate of drug-likeness (QED) is 0.183. The molecule has 0 spiro atoms. The second-order valence-electron chi connectivity index (χ2n) is 6.46. The SMILES string of the molecule is CCNC(=NCCCC(=O)NC1CC1)NCCCOCC(C)C.I. The minimum Gasteiger partial charge on any atom is -0.381 e. The number of nitrogens with one attached hydrogen (secondary N) is 3. The van der Waals surface area contributed by atoms with Crippen LogP contribution < -0.4 is 16.0 Å². The van der Waals surface area contributed by atoms with Gasteiger partial charge in [-0.25, -0.2) is 0 Å². The number of ether oxygens (including phenoxy) is 1. The van der Waals surface area contributed by atoms with Crippen molar-refractivity contribution < 1.29 is 9.53 Å². The third-order valence-electron chi connectivity index (χ3n) is 3.33. The van der Waals surface area contributed by atoms with Crippen LogP contribution in [0.2, 0.25) is 0 Å². The minimum atomic E-state index is 0. The molecule has 0 aliphatic heterocycles. The lowest BCUT2D eigenvalue weighted by atomic mass is 10.2. The summed E-state index contributed by atoms with van der Waals surface area (Å²) in [5.41, 5.74) is 0. The molecule has 0 aromatic rings. The van der Waals surface area contributed by atoms with E-state index in [9.17, 15) is 4.79 Å². The molecular formula is C17H35IN4O2. The van der Waals surface area contributed by atoms with Crippen molar-refractivity contribution in [1.82, 2.24) is 16.0 Å². The molecule has 3 N–H and O–H groups in total. The predicted molar refractivity (Wildman–Crippen MR) is 110 cm³/mol. The molecule has 0 saturated heterocycles. The maximum absolute atomic E-state index is 11.6. The number of guanidine groups is 1. The van der Waals surface area contributed by atoms with Gasteiger partial charge in [-0.1, -0.05) is 13.8 Å². The molecule has 7 heteroatoms. The van der Waals surface area contributed by atoms with Crippen molar-refractivity contribution in [3.05, 3.63) is 0 Å². The number of aliphatic imine (C=N–C) groups is 1. The van der Waals surface area contributed by atoms with Crippen LogP contribution in [0.3, 0.4) is 0 Å². The highest BCUT2D eigenvalue weighted by atomic mass is 127. The van der Waals surface area contributed by atoms with Crippen molar-refractivity contribution in [2.75, 3.05) is 32.8 Å². The molecule has 0 bridgehead atoms. The van der Waals surface area contributed by atoms with Gasteiger partial charge in [-0.3, -0.25) is 9.79 Å². The number of amides is 1. The molecule has 1 aliphatic carbocycles. The summed E-state index contributed by atoms with van der Waals surface area (Å²) in [4.78, 5) is 16.1. The van der Waals surface area contributed by atoms with Crippen LogP contribution in [0.1, 0.15) is 52.9 Å². The predicted octanol–water partition coefficient (Wildman–Crippen LogP) is 2.28. The summed E-state index contributed by atoms with van der Waals surface area (Å²) in [5, 5.41) is 9.51. The van der Waals surface area contributed by atoms with Gasteiger partial charge in [-0.2, -0.15) is 0 Å². The zero-order valence-electron chi connectivity index (χ0n) is 15.4. The fraction of sp³-hybridized carbons (Fsp3) is 0.882. The molecule has 1 amide bonds. The number of hydrogen-bond acceptors (Lipinski definition) is 3. The lowest BCUT2D eigenvalue weighted by Crippen LogP contribution is -2.38. The molecule has 0 aromatic carbocycles. The van der Waals surface area contributed by atoms with Gasteiger partial charge in [0.25, 0.3) is 0 Å². The van der Waals surface area contributed by atoms with Crippen molar-refractivity contribution >= 4 is 35.8 Å². The van der Waals surface area contributed by atoms with Gasteiger partial charge in [-0.05, 0) is 38.5 Å². The zero-order chi connectivity index (χ0) is 16.9. The lowest BCUT2D eigenvalue weighted by Gasteiger charge is -2.12. The highest BCUT2D eigenvalue weighted by Gasteiger charge is 2.22. The number of nitrogens with zero attached hydrogens (tertiary/aromatic N) is 1. The van der Waals surface area contributed by atoms with Crippen molar-refractivity contribution in [3.8, 4) is 0 Å². The van der Waals surface area contributed by atoms with E-state index in [1.54, 1.807) is 0 Å². The minimum absolute atomic E-state index is 0. The van der Waals surface area contributed by atoms with Crippen molar-refractivity contribution in [3.63, 3.8) is 0 Å². The summed E-state index contributed by atoms with van der Waals surface area (Å²) < 4.78 is 5.55. The maximum atomic E-state index is 11.6. The standard InChI is InChI=1S/C17H34N4O2.HI/c1-4-18-17(20-11-6-12-23-13-14(2)3)19-10-5-7-16(22)21-15-8-9-15;/h14-15H,4-13H2,1-3H3,(H,21,22)(H2,18,19,20);1H. The van der Waals surface area contributed by atoms with Crippen LogP contribution in [0.15, 0.2) is 4.99 Å². The first-order valence-corrected chi connectivity index (χ1v) is 9.01. The number of halogens is 1. The van der Waals surface area contributed by atoms with E-state index in [0.717, 1.165) is 57.9 Å². The molecule has 0 aromatic heterocycles. The molecular weight excluding hydrogens is 419 g/mol. The summed E-state index contributed by atoms with van der Waals surface area (Å²) in [5.74, 6) is 1.56. The number of hydrogen-bond donors (Lipinski definition) is 3. The van der Waals surface area contributed by atoms with E-state index in [1.165, 1.54) is 0 Å². The van der Waals surface area contributed by atoms with Gasteiger partial charge in [-0.15, -0.1) is 24.0 Å². The van der Waals surface area contributed by atoms with E-state index in [1.807, 2.05) is 6.92 Å². The smallest absolute Gasteiger partial charge is 0.220 e. The Kier molecular flexibility index (Phi) is 14.4. The molecule has 0 atom stereocenters. The number of rotatable bonds is 12. The Labute approximate surface area is 164 Å². The summed E-state index contributed by atoms with van der Waals surface area (Å²) in [6.07, 6.45) is 4.58. The maximum Gasteiger partial charge on any atom is 0.220 e. The normalized spacial score (nSPS) is 14.2. The van der Waals surface area contributed by atoms with E-state index < -0.39 is 0 Å². The fourth-order valence-electron chi connectivity index (χ4n) is 2.00. The second kappa shape index (κ2) is 14.7. The highest BCUT2D eigenvalue weighted by molar-refractivity contribution is 14.0. The molecule has 1 fully saturated rings. The largest absolute Gasteiger partial charge is 0.381 e.